The lowest BCUT2D eigenvalue weighted by atomic mass is 10.0. The molecule has 116 valence electrons. The fourth-order valence-electron chi connectivity index (χ4n) is 2.61. The molecule has 1 aliphatic heterocycles. The lowest BCUT2D eigenvalue weighted by Crippen LogP contribution is -2.48. The summed E-state index contributed by atoms with van der Waals surface area (Å²) in [4.78, 5) is 26.3. The number of thiophene rings is 1. The molecule has 0 aliphatic carbocycles. The first-order valence-corrected chi connectivity index (χ1v) is 7.99. The molecule has 2 aromatic heterocycles. The Labute approximate surface area is 131 Å². The number of aliphatic carboxylic acids is 1. The normalized spacial score (nSPS) is 18.4. The maximum atomic E-state index is 12.5. The Balaban J connectivity index is 1.74. The summed E-state index contributed by atoms with van der Waals surface area (Å²) in [5, 5.41) is 19.1. The minimum absolute atomic E-state index is 0.199. The first kappa shape index (κ1) is 14.7. The van der Waals surface area contributed by atoms with Gasteiger partial charge in [-0.05, 0) is 30.7 Å². The van der Waals surface area contributed by atoms with Gasteiger partial charge >= 0.3 is 5.97 Å². The predicted octanol–water partition coefficient (Wildman–Crippen LogP) is 1.47. The number of carboxylic acid groups (broad SMARTS) is 1. The third-order valence-electron chi connectivity index (χ3n) is 3.70. The molecule has 2 aromatic rings. The van der Waals surface area contributed by atoms with Crippen LogP contribution < -0.4 is 0 Å². The molecule has 7 nitrogen and oxygen atoms in total. The van der Waals surface area contributed by atoms with E-state index in [0.717, 1.165) is 17.7 Å². The van der Waals surface area contributed by atoms with Crippen LogP contribution in [-0.4, -0.2) is 49.5 Å². The fraction of sp³-hybridized carbons (Fsp3) is 0.429. The van der Waals surface area contributed by atoms with E-state index in [1.54, 1.807) is 22.2 Å². The van der Waals surface area contributed by atoms with Crippen molar-refractivity contribution in [2.24, 2.45) is 0 Å². The molecule has 1 atom stereocenters. The van der Waals surface area contributed by atoms with E-state index in [0.29, 0.717) is 19.5 Å². The first-order valence-electron chi connectivity index (χ1n) is 7.11. The predicted molar refractivity (Wildman–Crippen MR) is 79.8 cm³/mol. The number of hydrogen-bond donors (Lipinski definition) is 1. The minimum atomic E-state index is -0.959. The van der Waals surface area contributed by atoms with Gasteiger partial charge in [-0.2, -0.15) is 0 Å². The summed E-state index contributed by atoms with van der Waals surface area (Å²) < 4.78 is 1.60. The zero-order valence-electron chi connectivity index (χ0n) is 11.9. The van der Waals surface area contributed by atoms with Gasteiger partial charge < -0.3 is 10.0 Å². The Bertz CT molecular complexity index is 667. The molecule has 0 aromatic carbocycles. The largest absolute Gasteiger partial charge is 0.480 e. The number of amides is 1. The van der Waals surface area contributed by atoms with Gasteiger partial charge in [-0.3, -0.25) is 4.79 Å². The summed E-state index contributed by atoms with van der Waals surface area (Å²) in [7, 11) is 0. The van der Waals surface area contributed by atoms with Crippen LogP contribution >= 0.6 is 11.3 Å². The van der Waals surface area contributed by atoms with Gasteiger partial charge in [-0.25, -0.2) is 9.48 Å². The Morgan fingerprint density at radius 3 is 3.00 bits per heavy atom. The van der Waals surface area contributed by atoms with Crippen molar-refractivity contribution in [1.82, 2.24) is 19.9 Å². The molecular weight excluding hydrogens is 304 g/mol. The van der Waals surface area contributed by atoms with Crippen LogP contribution in [0.15, 0.2) is 23.7 Å². The van der Waals surface area contributed by atoms with Crippen molar-refractivity contribution in [3.05, 3.63) is 34.3 Å². The fourth-order valence-corrected chi connectivity index (χ4v) is 3.31. The maximum Gasteiger partial charge on any atom is 0.326 e. The SMILES string of the molecule is O=C(O)C1CCCCN1C(=O)c1cn(Cc2cccs2)nn1. The van der Waals surface area contributed by atoms with E-state index in [4.69, 9.17) is 0 Å². The van der Waals surface area contributed by atoms with Crippen molar-refractivity contribution >= 4 is 23.2 Å². The average Bonchev–Trinajstić information content (AvgIpc) is 3.19. The van der Waals surface area contributed by atoms with Gasteiger partial charge in [0.05, 0.1) is 12.7 Å². The van der Waals surface area contributed by atoms with Crippen LogP contribution in [0.1, 0.15) is 34.6 Å². The zero-order valence-corrected chi connectivity index (χ0v) is 12.7. The van der Waals surface area contributed by atoms with E-state index in [1.165, 1.54) is 4.90 Å². The van der Waals surface area contributed by atoms with Crippen LogP contribution in [0.4, 0.5) is 0 Å². The topological polar surface area (TPSA) is 88.3 Å². The highest BCUT2D eigenvalue weighted by molar-refractivity contribution is 7.09. The van der Waals surface area contributed by atoms with E-state index in [9.17, 15) is 14.7 Å². The van der Waals surface area contributed by atoms with E-state index in [2.05, 4.69) is 10.3 Å². The molecule has 0 saturated carbocycles. The molecule has 1 saturated heterocycles. The van der Waals surface area contributed by atoms with Crippen molar-refractivity contribution in [3.8, 4) is 0 Å². The van der Waals surface area contributed by atoms with Gasteiger partial charge in [0.15, 0.2) is 5.69 Å². The third-order valence-corrected chi connectivity index (χ3v) is 4.57. The number of rotatable bonds is 4. The molecule has 1 fully saturated rings. The highest BCUT2D eigenvalue weighted by atomic mass is 32.1. The molecule has 1 aliphatic rings. The summed E-state index contributed by atoms with van der Waals surface area (Å²) in [5.74, 6) is -1.32. The van der Waals surface area contributed by atoms with Gasteiger partial charge in [-0.15, -0.1) is 16.4 Å². The van der Waals surface area contributed by atoms with E-state index in [1.807, 2.05) is 17.5 Å². The first-order chi connectivity index (χ1) is 10.6. The summed E-state index contributed by atoms with van der Waals surface area (Å²) in [6, 6.07) is 3.18. The number of aromatic nitrogens is 3. The Morgan fingerprint density at radius 2 is 2.27 bits per heavy atom. The number of piperidine rings is 1. The number of nitrogens with zero attached hydrogens (tertiary/aromatic N) is 4. The monoisotopic (exact) mass is 320 g/mol. The van der Waals surface area contributed by atoms with Crippen LogP contribution in [0, 0.1) is 0 Å². The van der Waals surface area contributed by atoms with Crippen LogP contribution in [0.5, 0.6) is 0 Å². The molecule has 1 N–H and O–H groups in total. The van der Waals surface area contributed by atoms with E-state index < -0.39 is 12.0 Å². The highest BCUT2D eigenvalue weighted by Crippen LogP contribution is 2.19. The maximum absolute atomic E-state index is 12.5. The van der Waals surface area contributed by atoms with Crippen molar-refractivity contribution < 1.29 is 14.7 Å². The summed E-state index contributed by atoms with van der Waals surface area (Å²) >= 11 is 1.61. The van der Waals surface area contributed by atoms with Crippen molar-refractivity contribution in [2.45, 2.75) is 31.8 Å². The van der Waals surface area contributed by atoms with Gasteiger partial charge in [-0.1, -0.05) is 11.3 Å². The molecule has 1 unspecified atom stereocenters. The van der Waals surface area contributed by atoms with Gasteiger partial charge in [0.25, 0.3) is 5.91 Å². The quantitative estimate of drug-likeness (QED) is 0.921. The molecule has 1 amide bonds. The standard InChI is InChI=1S/C14H16N4O3S/c19-13(18-6-2-1-5-12(18)14(20)21)11-9-17(16-15-11)8-10-4-3-7-22-10/h3-4,7,9,12H,1-2,5-6,8H2,(H,20,21). The van der Waals surface area contributed by atoms with Gasteiger partial charge in [0.1, 0.15) is 6.04 Å². The van der Waals surface area contributed by atoms with Gasteiger partial charge in [0, 0.05) is 11.4 Å². The van der Waals surface area contributed by atoms with Crippen molar-refractivity contribution in [1.29, 1.82) is 0 Å². The van der Waals surface area contributed by atoms with Crippen LogP contribution in [-0.2, 0) is 11.3 Å². The minimum Gasteiger partial charge on any atom is -0.480 e. The molecule has 0 spiro atoms. The smallest absolute Gasteiger partial charge is 0.326 e. The Hall–Kier alpha value is -2.22. The number of hydrogen-bond acceptors (Lipinski definition) is 5. The molecule has 8 heteroatoms. The molecule has 0 radical (unpaired) electrons. The zero-order chi connectivity index (χ0) is 15.5. The van der Waals surface area contributed by atoms with Crippen molar-refractivity contribution in [3.63, 3.8) is 0 Å². The Morgan fingerprint density at radius 1 is 1.41 bits per heavy atom. The van der Waals surface area contributed by atoms with E-state index >= 15 is 0 Å². The lowest BCUT2D eigenvalue weighted by Gasteiger charge is -2.32. The molecule has 3 rings (SSSR count). The lowest BCUT2D eigenvalue weighted by molar-refractivity contribution is -0.143. The second kappa shape index (κ2) is 6.27. The van der Waals surface area contributed by atoms with E-state index in [-0.39, 0.29) is 11.6 Å². The Kier molecular flexibility index (Phi) is 4.19. The molecule has 22 heavy (non-hydrogen) atoms. The summed E-state index contributed by atoms with van der Waals surface area (Å²) in [6.45, 7) is 1.01. The average molecular weight is 320 g/mol. The molecule has 0 bridgehead atoms. The molecule has 3 heterocycles. The third kappa shape index (κ3) is 3.01. The van der Waals surface area contributed by atoms with Crippen LogP contribution in [0.2, 0.25) is 0 Å². The van der Waals surface area contributed by atoms with Gasteiger partial charge in [0.2, 0.25) is 0 Å². The summed E-state index contributed by atoms with van der Waals surface area (Å²) in [6.07, 6.45) is 3.71. The summed E-state index contributed by atoms with van der Waals surface area (Å²) in [5.41, 5.74) is 0.199. The second-order valence-corrected chi connectivity index (χ2v) is 6.26. The number of carbonyl (C=O) groups excluding carboxylic acids is 1. The van der Waals surface area contributed by atoms with Crippen LogP contribution in [0.3, 0.4) is 0 Å². The molecular formula is C14H16N4O3S. The number of carboxylic acids is 1. The van der Waals surface area contributed by atoms with Crippen LogP contribution in [0.25, 0.3) is 0 Å². The second-order valence-electron chi connectivity index (χ2n) is 5.23. The highest BCUT2D eigenvalue weighted by Gasteiger charge is 2.33. The number of carbonyl (C=O) groups is 2. The van der Waals surface area contributed by atoms with Crippen molar-refractivity contribution in [2.75, 3.05) is 6.54 Å². The number of likely N-dealkylation sites (tertiary alicyclic amines) is 1.